The highest BCUT2D eigenvalue weighted by Gasteiger charge is 2.34. The molecule has 140 valence electrons. The van der Waals surface area contributed by atoms with Crippen LogP contribution in [0.1, 0.15) is 51.4 Å². The van der Waals surface area contributed by atoms with Crippen molar-refractivity contribution < 1.29 is 23.8 Å². The number of carbonyl (C=O) groups is 2. The molecule has 1 N–H and O–H groups in total. The number of esters is 1. The summed E-state index contributed by atoms with van der Waals surface area (Å²) in [6.07, 6.45) is 0.591. The van der Waals surface area contributed by atoms with E-state index in [1.807, 2.05) is 20.8 Å². The van der Waals surface area contributed by atoms with Crippen molar-refractivity contribution in [1.29, 1.82) is 0 Å². The number of amides is 1. The van der Waals surface area contributed by atoms with Crippen molar-refractivity contribution in [3.63, 3.8) is 0 Å². The van der Waals surface area contributed by atoms with Gasteiger partial charge in [-0.25, -0.2) is 4.79 Å². The average molecular weight is 351 g/mol. The maximum atomic E-state index is 12.7. The second kappa shape index (κ2) is 9.42. The van der Waals surface area contributed by atoms with Gasteiger partial charge in [0.05, 0.1) is 13.7 Å². The van der Waals surface area contributed by atoms with Gasteiger partial charge in [0.25, 0.3) is 5.91 Å². The van der Waals surface area contributed by atoms with Crippen LogP contribution in [0.15, 0.2) is 18.2 Å². The number of carbonyl (C=O) groups excluding carboxylic acids is 2. The van der Waals surface area contributed by atoms with Crippen molar-refractivity contribution in [2.45, 2.75) is 46.6 Å². The molecule has 0 aliphatic rings. The monoisotopic (exact) mass is 351 g/mol. The first-order chi connectivity index (χ1) is 11.8. The van der Waals surface area contributed by atoms with E-state index in [-0.39, 0.29) is 18.1 Å². The molecule has 0 radical (unpaired) electrons. The van der Waals surface area contributed by atoms with Crippen LogP contribution in [0.25, 0.3) is 0 Å². The van der Waals surface area contributed by atoms with Crippen molar-refractivity contribution >= 4 is 17.6 Å². The number of methoxy groups -OCH3 is 1. The van der Waals surface area contributed by atoms with E-state index in [1.165, 1.54) is 7.11 Å². The van der Waals surface area contributed by atoms with Gasteiger partial charge in [0.15, 0.2) is 0 Å². The molecule has 1 aromatic rings. The van der Waals surface area contributed by atoms with Crippen molar-refractivity contribution in [2.24, 2.45) is 5.92 Å². The number of hydrogen-bond donors (Lipinski definition) is 1. The molecule has 0 unspecified atom stereocenters. The smallest absolute Gasteiger partial charge is 0.341 e. The number of nitrogens with one attached hydrogen (secondary N) is 1. The summed E-state index contributed by atoms with van der Waals surface area (Å²) in [6.45, 7) is 10.1. The Bertz CT molecular complexity index is 599. The Balaban J connectivity index is 3.06. The number of hydrogen-bond acceptors (Lipinski definition) is 5. The lowest BCUT2D eigenvalue weighted by Crippen LogP contribution is -2.44. The highest BCUT2D eigenvalue weighted by atomic mass is 16.5. The molecule has 6 heteroatoms. The van der Waals surface area contributed by atoms with Crippen molar-refractivity contribution in [3.05, 3.63) is 23.8 Å². The van der Waals surface area contributed by atoms with Crippen molar-refractivity contribution in [2.75, 3.05) is 25.6 Å². The molecule has 0 aliphatic heterocycles. The van der Waals surface area contributed by atoms with Crippen LogP contribution in [0.5, 0.6) is 5.75 Å². The van der Waals surface area contributed by atoms with Crippen molar-refractivity contribution in [3.8, 4) is 5.75 Å². The molecule has 25 heavy (non-hydrogen) atoms. The first-order valence-corrected chi connectivity index (χ1v) is 8.57. The maximum absolute atomic E-state index is 12.7. The second-order valence-electron chi connectivity index (χ2n) is 6.35. The minimum absolute atomic E-state index is 0.247. The molecule has 0 bridgehead atoms. The third-order valence-corrected chi connectivity index (χ3v) is 3.69. The predicted octanol–water partition coefficient (Wildman–Crippen LogP) is 3.65. The van der Waals surface area contributed by atoms with Crippen LogP contribution in [0, 0.1) is 5.92 Å². The minimum Gasteiger partial charge on any atom is -0.496 e. The van der Waals surface area contributed by atoms with Crippen LogP contribution in [-0.4, -0.2) is 37.8 Å². The fourth-order valence-corrected chi connectivity index (χ4v) is 2.73. The minimum atomic E-state index is -0.938. The Morgan fingerprint density at radius 1 is 1.20 bits per heavy atom. The van der Waals surface area contributed by atoms with Gasteiger partial charge >= 0.3 is 5.97 Å². The molecular formula is C19H29NO5. The van der Waals surface area contributed by atoms with Gasteiger partial charge in [-0.15, -0.1) is 0 Å². The zero-order valence-electron chi connectivity index (χ0n) is 16.0. The van der Waals surface area contributed by atoms with Gasteiger partial charge in [0.1, 0.15) is 16.9 Å². The van der Waals surface area contributed by atoms with E-state index < -0.39 is 11.6 Å². The Morgan fingerprint density at radius 3 is 2.40 bits per heavy atom. The van der Waals surface area contributed by atoms with E-state index in [1.54, 1.807) is 32.0 Å². The Kier molecular flexibility index (Phi) is 7.90. The zero-order valence-corrected chi connectivity index (χ0v) is 16.0. The van der Waals surface area contributed by atoms with Crippen LogP contribution in [0.4, 0.5) is 5.69 Å². The summed E-state index contributed by atoms with van der Waals surface area (Å²) in [4.78, 5) is 24.8. The fraction of sp³-hybridized carbons (Fsp3) is 0.579. The van der Waals surface area contributed by atoms with Crippen LogP contribution < -0.4 is 10.1 Å². The Hall–Kier alpha value is -2.08. The molecule has 0 aromatic heterocycles. The first kappa shape index (κ1) is 21.0. The summed E-state index contributed by atoms with van der Waals surface area (Å²) in [5.41, 5.74) is -0.180. The molecule has 0 saturated heterocycles. The summed E-state index contributed by atoms with van der Waals surface area (Å²) < 4.78 is 15.9. The van der Waals surface area contributed by atoms with Gasteiger partial charge < -0.3 is 19.5 Å². The first-order valence-electron chi connectivity index (χ1n) is 8.57. The third-order valence-electron chi connectivity index (χ3n) is 3.69. The molecule has 0 aliphatic carbocycles. The van der Waals surface area contributed by atoms with Crippen molar-refractivity contribution in [1.82, 2.24) is 0 Å². The molecule has 0 heterocycles. The van der Waals surface area contributed by atoms with Gasteiger partial charge in [-0.3, -0.25) is 4.79 Å². The Morgan fingerprint density at radius 2 is 1.88 bits per heavy atom. The lowest BCUT2D eigenvalue weighted by molar-refractivity contribution is -0.140. The summed E-state index contributed by atoms with van der Waals surface area (Å²) in [7, 11) is 1.48. The second-order valence-corrected chi connectivity index (χ2v) is 6.35. The molecule has 0 fully saturated rings. The highest BCUT2D eigenvalue weighted by Crippen LogP contribution is 2.27. The molecule has 0 spiro atoms. The number of benzene rings is 1. The maximum Gasteiger partial charge on any atom is 0.341 e. The van der Waals surface area contributed by atoms with Crippen LogP contribution >= 0.6 is 0 Å². The van der Waals surface area contributed by atoms with E-state index in [0.29, 0.717) is 30.4 Å². The van der Waals surface area contributed by atoms with Gasteiger partial charge in [-0.1, -0.05) is 13.8 Å². The van der Waals surface area contributed by atoms with Gasteiger partial charge in [-0.05, 0) is 51.3 Å². The molecular weight excluding hydrogens is 322 g/mol. The molecule has 1 atom stereocenters. The zero-order chi connectivity index (χ0) is 19.0. The lowest BCUT2D eigenvalue weighted by atomic mass is 9.93. The van der Waals surface area contributed by atoms with Gasteiger partial charge in [0, 0.05) is 12.3 Å². The van der Waals surface area contributed by atoms with Crippen LogP contribution in [-0.2, 0) is 14.3 Å². The summed E-state index contributed by atoms with van der Waals surface area (Å²) in [6, 6.07) is 4.86. The van der Waals surface area contributed by atoms with Crippen LogP contribution in [0.3, 0.4) is 0 Å². The summed E-state index contributed by atoms with van der Waals surface area (Å²) >= 11 is 0. The third kappa shape index (κ3) is 5.74. The predicted molar refractivity (Wildman–Crippen MR) is 97.1 cm³/mol. The highest BCUT2D eigenvalue weighted by molar-refractivity contribution is 5.99. The number of rotatable bonds is 9. The average Bonchev–Trinajstić information content (AvgIpc) is 2.54. The Labute approximate surface area is 149 Å². The summed E-state index contributed by atoms with van der Waals surface area (Å²) in [5.74, 6) is -0.0484. The fourth-order valence-electron chi connectivity index (χ4n) is 2.73. The lowest BCUT2D eigenvalue weighted by Gasteiger charge is -2.30. The van der Waals surface area contributed by atoms with Crippen LogP contribution in [0.2, 0.25) is 0 Å². The van der Waals surface area contributed by atoms with E-state index in [9.17, 15) is 9.59 Å². The van der Waals surface area contributed by atoms with E-state index in [4.69, 9.17) is 14.2 Å². The molecule has 0 saturated carbocycles. The largest absolute Gasteiger partial charge is 0.496 e. The summed E-state index contributed by atoms with van der Waals surface area (Å²) in [5, 5.41) is 2.83. The van der Waals surface area contributed by atoms with E-state index in [0.717, 1.165) is 0 Å². The quantitative estimate of drug-likeness (QED) is 0.688. The van der Waals surface area contributed by atoms with E-state index >= 15 is 0 Å². The SMILES string of the molecule is CCOC(=O)c1cc(NC(=O)[C@](C)(CC(C)C)OCC)ccc1OC. The number of ether oxygens (including phenoxy) is 3. The molecule has 1 amide bonds. The molecule has 1 aromatic carbocycles. The normalized spacial score (nSPS) is 13.2. The topological polar surface area (TPSA) is 73.9 Å². The number of anilines is 1. The van der Waals surface area contributed by atoms with Gasteiger partial charge in [-0.2, -0.15) is 0 Å². The standard InChI is InChI=1S/C19H29NO5/c1-7-24-17(21)15-11-14(9-10-16(15)23-6)20-18(22)19(5,25-8-2)12-13(3)4/h9-11,13H,7-8,12H2,1-6H3,(H,20,22)/t19-/m0/s1. The molecule has 1 rings (SSSR count). The molecule has 6 nitrogen and oxygen atoms in total. The van der Waals surface area contributed by atoms with E-state index in [2.05, 4.69) is 5.32 Å². The van der Waals surface area contributed by atoms with Gasteiger partial charge in [0.2, 0.25) is 0 Å².